The first kappa shape index (κ1) is 17.3. The maximum atomic E-state index is 12.4. The molecule has 0 N–H and O–H groups in total. The fourth-order valence-corrected chi connectivity index (χ4v) is 3.36. The van der Waals surface area contributed by atoms with Crippen molar-refractivity contribution in [2.75, 3.05) is 18.1 Å². The van der Waals surface area contributed by atoms with Crippen LogP contribution in [0.5, 0.6) is 0 Å². The van der Waals surface area contributed by atoms with Crippen LogP contribution < -0.4 is 4.90 Å². The van der Waals surface area contributed by atoms with E-state index in [2.05, 4.69) is 4.98 Å². The Bertz CT molecular complexity index is 1020. The van der Waals surface area contributed by atoms with E-state index >= 15 is 0 Å². The minimum Gasteiger partial charge on any atom is -0.466 e. The van der Waals surface area contributed by atoms with Crippen molar-refractivity contribution in [2.24, 2.45) is 5.92 Å². The van der Waals surface area contributed by atoms with Crippen molar-refractivity contribution in [2.45, 2.75) is 20.3 Å². The lowest BCUT2D eigenvalue weighted by Crippen LogP contribution is -2.26. The Hall–Kier alpha value is -3.15. The summed E-state index contributed by atoms with van der Waals surface area (Å²) in [4.78, 5) is 30.5. The van der Waals surface area contributed by atoms with Crippen LogP contribution in [0.2, 0.25) is 0 Å². The van der Waals surface area contributed by atoms with Gasteiger partial charge >= 0.3 is 5.97 Å². The molecular formula is C21H20N2O4. The normalized spacial score (nSPS) is 16.9. The minimum absolute atomic E-state index is 0.0881. The van der Waals surface area contributed by atoms with Crippen LogP contribution in [-0.2, 0) is 14.3 Å². The summed E-state index contributed by atoms with van der Waals surface area (Å²) in [6.45, 7) is 4.42. The lowest BCUT2D eigenvalue weighted by Gasteiger charge is -2.16. The van der Waals surface area contributed by atoms with E-state index in [-0.39, 0.29) is 18.3 Å². The van der Waals surface area contributed by atoms with Gasteiger partial charge < -0.3 is 14.1 Å². The third-order valence-electron chi connectivity index (χ3n) is 4.69. The molecule has 1 aliphatic heterocycles. The number of rotatable bonds is 4. The molecule has 1 aliphatic rings. The molecule has 0 bridgehead atoms. The van der Waals surface area contributed by atoms with E-state index in [1.54, 1.807) is 11.8 Å². The zero-order valence-corrected chi connectivity index (χ0v) is 15.3. The van der Waals surface area contributed by atoms with Gasteiger partial charge in [0.15, 0.2) is 5.58 Å². The number of carbonyl (C=O) groups is 2. The number of hydrogen-bond acceptors (Lipinski definition) is 5. The topological polar surface area (TPSA) is 72.6 Å². The van der Waals surface area contributed by atoms with Crippen molar-refractivity contribution in [3.8, 4) is 11.5 Å². The molecule has 1 saturated heterocycles. The highest BCUT2D eigenvalue weighted by Crippen LogP contribution is 2.31. The van der Waals surface area contributed by atoms with Crippen LogP contribution in [0.15, 0.2) is 46.9 Å². The first-order valence-electron chi connectivity index (χ1n) is 9.00. The lowest BCUT2D eigenvalue weighted by molar-refractivity contribution is -0.147. The molecule has 27 heavy (non-hydrogen) atoms. The summed E-state index contributed by atoms with van der Waals surface area (Å²) >= 11 is 0. The van der Waals surface area contributed by atoms with Crippen LogP contribution in [0.25, 0.3) is 22.6 Å². The Kier molecular flexibility index (Phi) is 4.39. The molecule has 3 aromatic rings. The summed E-state index contributed by atoms with van der Waals surface area (Å²) in [5, 5.41) is 0. The van der Waals surface area contributed by atoms with E-state index in [9.17, 15) is 9.59 Å². The molecule has 2 aromatic carbocycles. The van der Waals surface area contributed by atoms with E-state index in [0.717, 1.165) is 11.1 Å². The molecule has 4 rings (SSSR count). The molecule has 6 nitrogen and oxygen atoms in total. The van der Waals surface area contributed by atoms with E-state index in [0.29, 0.717) is 35.8 Å². The fraction of sp³-hybridized carbons (Fsp3) is 0.286. The number of fused-ring (bicyclic) bond motifs is 1. The van der Waals surface area contributed by atoms with Gasteiger partial charge in [0.05, 0.1) is 12.5 Å². The van der Waals surface area contributed by atoms with Gasteiger partial charge in [-0.15, -0.1) is 0 Å². The zero-order chi connectivity index (χ0) is 19.0. The molecule has 0 unspecified atom stereocenters. The van der Waals surface area contributed by atoms with E-state index in [1.165, 1.54) is 0 Å². The Balaban J connectivity index is 1.62. The highest BCUT2D eigenvalue weighted by atomic mass is 16.5. The van der Waals surface area contributed by atoms with Crippen LogP contribution in [-0.4, -0.2) is 30.0 Å². The second kappa shape index (κ2) is 6.87. The number of aryl methyl sites for hydroxylation is 1. The lowest BCUT2D eigenvalue weighted by atomic mass is 10.1. The maximum absolute atomic E-state index is 12.4. The predicted molar refractivity (Wildman–Crippen MR) is 101 cm³/mol. The first-order valence-corrected chi connectivity index (χ1v) is 9.00. The predicted octanol–water partition coefficient (Wildman–Crippen LogP) is 3.72. The summed E-state index contributed by atoms with van der Waals surface area (Å²) in [6, 6.07) is 13.4. The van der Waals surface area contributed by atoms with Crippen LogP contribution in [0.3, 0.4) is 0 Å². The molecule has 138 valence electrons. The molecule has 1 fully saturated rings. The summed E-state index contributed by atoms with van der Waals surface area (Å²) in [6.07, 6.45) is 0.171. The van der Waals surface area contributed by atoms with Gasteiger partial charge in [0.2, 0.25) is 11.8 Å². The van der Waals surface area contributed by atoms with Gasteiger partial charge in [0.25, 0.3) is 0 Å². The van der Waals surface area contributed by atoms with Gasteiger partial charge in [-0.2, -0.15) is 0 Å². The third-order valence-corrected chi connectivity index (χ3v) is 4.69. The minimum atomic E-state index is -0.423. The second-order valence-electron chi connectivity index (χ2n) is 6.70. The first-order chi connectivity index (χ1) is 13.0. The van der Waals surface area contributed by atoms with Crippen LogP contribution in [0, 0.1) is 12.8 Å². The van der Waals surface area contributed by atoms with Gasteiger partial charge in [-0.3, -0.25) is 9.59 Å². The van der Waals surface area contributed by atoms with Crippen LogP contribution in [0.1, 0.15) is 18.9 Å². The number of ether oxygens (including phenoxy) is 1. The zero-order valence-electron chi connectivity index (χ0n) is 15.3. The fourth-order valence-electron chi connectivity index (χ4n) is 3.36. The van der Waals surface area contributed by atoms with Crippen molar-refractivity contribution in [3.05, 3.63) is 48.0 Å². The Morgan fingerprint density at radius 3 is 2.93 bits per heavy atom. The van der Waals surface area contributed by atoms with Crippen LogP contribution in [0.4, 0.5) is 5.69 Å². The number of aromatic nitrogens is 1. The highest BCUT2D eigenvalue weighted by Gasteiger charge is 2.36. The van der Waals surface area contributed by atoms with Crippen molar-refractivity contribution in [1.82, 2.24) is 4.98 Å². The number of carbonyl (C=O) groups excluding carboxylic acids is 2. The molecule has 1 atom stereocenters. The number of hydrogen-bond donors (Lipinski definition) is 0. The number of amides is 1. The molecule has 1 amide bonds. The molecule has 1 aromatic heterocycles. The molecule has 0 aliphatic carbocycles. The third kappa shape index (κ3) is 3.30. The highest BCUT2D eigenvalue weighted by molar-refractivity contribution is 6.00. The summed E-state index contributed by atoms with van der Waals surface area (Å²) in [5.41, 5.74) is 4.08. The number of oxazole rings is 1. The van der Waals surface area contributed by atoms with Crippen molar-refractivity contribution in [3.63, 3.8) is 0 Å². The van der Waals surface area contributed by atoms with Gasteiger partial charge in [0, 0.05) is 24.2 Å². The Morgan fingerprint density at radius 1 is 1.30 bits per heavy atom. The van der Waals surface area contributed by atoms with Gasteiger partial charge in [0.1, 0.15) is 5.52 Å². The second-order valence-corrected chi connectivity index (χ2v) is 6.70. The quantitative estimate of drug-likeness (QED) is 0.660. The number of benzene rings is 2. The van der Waals surface area contributed by atoms with Crippen molar-refractivity contribution in [1.29, 1.82) is 0 Å². The molecule has 6 heteroatoms. The Labute approximate surface area is 156 Å². The number of nitrogens with zero attached hydrogens (tertiary/aromatic N) is 2. The van der Waals surface area contributed by atoms with Gasteiger partial charge in [-0.1, -0.05) is 17.7 Å². The van der Waals surface area contributed by atoms with E-state index in [4.69, 9.17) is 9.15 Å². The number of anilines is 1. The maximum Gasteiger partial charge on any atom is 0.311 e. The SMILES string of the molecule is CCOC(=O)[C@@H]1CC(=O)N(c2ccc3oc(-c4cccc(C)c4)nc3c2)C1. The van der Waals surface area contributed by atoms with Crippen molar-refractivity contribution < 1.29 is 18.7 Å². The largest absolute Gasteiger partial charge is 0.466 e. The average Bonchev–Trinajstić information content (AvgIpc) is 3.25. The smallest absolute Gasteiger partial charge is 0.311 e. The summed E-state index contributed by atoms with van der Waals surface area (Å²) in [7, 11) is 0. The summed E-state index contributed by atoms with van der Waals surface area (Å²) in [5.74, 6) is -0.288. The standard InChI is InChI=1S/C21H20N2O4/c1-3-26-21(25)15-10-19(24)23(12-15)16-7-8-18-17(11-16)22-20(27-18)14-6-4-5-13(2)9-14/h4-9,11,15H,3,10,12H2,1-2H3/t15-/m1/s1. The van der Waals surface area contributed by atoms with Crippen molar-refractivity contribution >= 4 is 28.7 Å². The molecule has 0 saturated carbocycles. The molecule has 0 radical (unpaired) electrons. The summed E-state index contributed by atoms with van der Waals surface area (Å²) < 4.78 is 10.9. The van der Waals surface area contributed by atoms with E-state index < -0.39 is 5.92 Å². The number of esters is 1. The molecule has 2 heterocycles. The van der Waals surface area contributed by atoms with Gasteiger partial charge in [-0.25, -0.2) is 4.98 Å². The van der Waals surface area contributed by atoms with E-state index in [1.807, 2.05) is 49.4 Å². The Morgan fingerprint density at radius 2 is 2.15 bits per heavy atom. The average molecular weight is 364 g/mol. The monoisotopic (exact) mass is 364 g/mol. The van der Waals surface area contributed by atoms with Crippen LogP contribution >= 0.6 is 0 Å². The molecule has 0 spiro atoms. The molecular weight excluding hydrogens is 344 g/mol. The van der Waals surface area contributed by atoms with Gasteiger partial charge in [-0.05, 0) is 44.2 Å².